The topological polar surface area (TPSA) is 69.0 Å². The molecule has 3 aromatic rings. The third-order valence-electron chi connectivity index (χ3n) is 6.33. The van der Waals surface area contributed by atoms with Gasteiger partial charge in [-0.1, -0.05) is 18.2 Å². The van der Waals surface area contributed by atoms with Crippen LogP contribution in [0.4, 0.5) is 4.39 Å². The standard InChI is InChI=1S/C27H34FN3O4/c1-33-25-10-9-22(19-26(25)34-18-6-16-31-15-5-13-29-31)20-30-14-4-11-27(32,12-17-30)21-35-24-8-3-2-7-23(24)28/h2-3,5,7-10,13,15,19,32H,4,6,11-12,14,16-18,20-21H2,1H3. The van der Waals surface area contributed by atoms with Crippen molar-refractivity contribution in [2.75, 3.05) is 33.4 Å². The van der Waals surface area contributed by atoms with Crippen molar-refractivity contribution >= 4 is 0 Å². The Kier molecular flexibility index (Phi) is 8.60. The lowest BCUT2D eigenvalue weighted by molar-refractivity contribution is -0.0177. The van der Waals surface area contributed by atoms with Crippen molar-refractivity contribution in [2.45, 2.75) is 44.4 Å². The van der Waals surface area contributed by atoms with Crippen molar-refractivity contribution in [1.29, 1.82) is 0 Å². The van der Waals surface area contributed by atoms with E-state index in [2.05, 4.69) is 10.00 Å². The molecule has 2 aromatic carbocycles. The summed E-state index contributed by atoms with van der Waals surface area (Å²) in [5, 5.41) is 15.3. The zero-order valence-corrected chi connectivity index (χ0v) is 20.2. The Morgan fingerprint density at radius 2 is 1.91 bits per heavy atom. The first-order valence-electron chi connectivity index (χ1n) is 12.1. The summed E-state index contributed by atoms with van der Waals surface area (Å²) >= 11 is 0. The zero-order valence-electron chi connectivity index (χ0n) is 20.2. The largest absolute Gasteiger partial charge is 0.493 e. The number of hydrogen-bond acceptors (Lipinski definition) is 6. The Morgan fingerprint density at radius 1 is 1.03 bits per heavy atom. The van der Waals surface area contributed by atoms with E-state index in [0.29, 0.717) is 25.2 Å². The first-order chi connectivity index (χ1) is 17.0. The summed E-state index contributed by atoms with van der Waals surface area (Å²) in [6.45, 7) is 3.79. The summed E-state index contributed by atoms with van der Waals surface area (Å²) in [6, 6.07) is 14.2. The van der Waals surface area contributed by atoms with Gasteiger partial charge in [-0.3, -0.25) is 9.58 Å². The fourth-order valence-corrected chi connectivity index (χ4v) is 4.34. The van der Waals surface area contributed by atoms with Gasteiger partial charge in [0.1, 0.15) is 6.61 Å². The van der Waals surface area contributed by atoms with Crippen molar-refractivity contribution in [3.63, 3.8) is 0 Å². The minimum Gasteiger partial charge on any atom is -0.493 e. The highest BCUT2D eigenvalue weighted by molar-refractivity contribution is 5.43. The van der Waals surface area contributed by atoms with E-state index in [1.54, 1.807) is 31.5 Å². The van der Waals surface area contributed by atoms with E-state index in [-0.39, 0.29) is 12.4 Å². The molecule has 8 heteroatoms. The number of aromatic nitrogens is 2. The predicted molar refractivity (Wildman–Crippen MR) is 131 cm³/mol. The van der Waals surface area contributed by atoms with Crippen LogP contribution in [0.1, 0.15) is 31.2 Å². The predicted octanol–water partition coefficient (Wildman–Crippen LogP) is 4.30. The van der Waals surface area contributed by atoms with Crippen LogP contribution in [-0.4, -0.2) is 58.8 Å². The molecule has 4 rings (SSSR count). The zero-order chi connectivity index (χ0) is 24.5. The molecule has 1 atom stereocenters. The van der Waals surface area contributed by atoms with Gasteiger partial charge in [-0.2, -0.15) is 5.10 Å². The van der Waals surface area contributed by atoms with E-state index in [1.807, 2.05) is 35.1 Å². The SMILES string of the molecule is COc1ccc(CN2CCCC(O)(COc3ccccc3F)CC2)cc1OCCCn1cccn1. The van der Waals surface area contributed by atoms with Crippen LogP contribution in [0.5, 0.6) is 17.2 Å². The maximum atomic E-state index is 13.9. The number of methoxy groups -OCH3 is 1. The van der Waals surface area contributed by atoms with Gasteiger partial charge in [-0.05, 0) is 61.7 Å². The van der Waals surface area contributed by atoms with E-state index in [4.69, 9.17) is 14.2 Å². The van der Waals surface area contributed by atoms with Crippen LogP contribution in [-0.2, 0) is 13.1 Å². The van der Waals surface area contributed by atoms with E-state index in [0.717, 1.165) is 50.3 Å². The molecule has 0 saturated carbocycles. The molecule has 0 radical (unpaired) electrons. The van der Waals surface area contributed by atoms with E-state index < -0.39 is 11.4 Å². The molecule has 1 saturated heterocycles. The van der Waals surface area contributed by atoms with Gasteiger partial charge in [0.2, 0.25) is 0 Å². The number of aryl methyl sites for hydroxylation is 1. The second kappa shape index (κ2) is 12.0. The number of rotatable bonds is 11. The average molecular weight is 484 g/mol. The van der Waals surface area contributed by atoms with Gasteiger partial charge in [0.15, 0.2) is 23.1 Å². The summed E-state index contributed by atoms with van der Waals surface area (Å²) in [5.74, 6) is 1.21. The summed E-state index contributed by atoms with van der Waals surface area (Å²) < 4.78 is 32.9. The average Bonchev–Trinajstić information content (AvgIpc) is 3.32. The van der Waals surface area contributed by atoms with Gasteiger partial charge in [-0.25, -0.2) is 4.39 Å². The number of aliphatic hydroxyl groups is 1. The summed E-state index contributed by atoms with van der Waals surface area (Å²) in [7, 11) is 1.64. The molecule has 1 aliphatic rings. The van der Waals surface area contributed by atoms with Crippen LogP contribution < -0.4 is 14.2 Å². The highest BCUT2D eigenvalue weighted by atomic mass is 19.1. The van der Waals surface area contributed by atoms with Gasteiger partial charge in [-0.15, -0.1) is 0 Å². The van der Waals surface area contributed by atoms with Gasteiger partial charge in [0, 0.05) is 38.4 Å². The fraction of sp³-hybridized carbons (Fsp3) is 0.444. The number of para-hydroxylation sites is 1. The molecule has 35 heavy (non-hydrogen) atoms. The van der Waals surface area contributed by atoms with Gasteiger partial charge in [0.25, 0.3) is 0 Å². The molecule has 0 aliphatic carbocycles. The van der Waals surface area contributed by atoms with Crippen molar-refractivity contribution in [2.24, 2.45) is 0 Å². The van der Waals surface area contributed by atoms with Crippen LogP contribution in [0.25, 0.3) is 0 Å². The molecule has 0 bridgehead atoms. The van der Waals surface area contributed by atoms with Crippen LogP contribution in [0, 0.1) is 5.82 Å². The van der Waals surface area contributed by atoms with Crippen LogP contribution in [0.2, 0.25) is 0 Å². The van der Waals surface area contributed by atoms with Crippen molar-refractivity contribution in [1.82, 2.24) is 14.7 Å². The fourth-order valence-electron chi connectivity index (χ4n) is 4.34. The number of nitrogens with zero attached hydrogens (tertiary/aromatic N) is 3. The number of ether oxygens (including phenoxy) is 3. The molecule has 1 unspecified atom stereocenters. The second-order valence-electron chi connectivity index (χ2n) is 9.03. The first-order valence-corrected chi connectivity index (χ1v) is 12.1. The lowest BCUT2D eigenvalue weighted by Crippen LogP contribution is -2.37. The highest BCUT2D eigenvalue weighted by Crippen LogP contribution is 2.30. The highest BCUT2D eigenvalue weighted by Gasteiger charge is 2.31. The Bertz CT molecular complexity index is 1060. The Morgan fingerprint density at radius 3 is 2.71 bits per heavy atom. The van der Waals surface area contributed by atoms with Gasteiger partial charge >= 0.3 is 0 Å². The van der Waals surface area contributed by atoms with E-state index in [9.17, 15) is 9.50 Å². The smallest absolute Gasteiger partial charge is 0.165 e. The summed E-state index contributed by atoms with van der Waals surface area (Å²) in [5.41, 5.74) is 0.153. The molecule has 2 heterocycles. The molecule has 188 valence electrons. The molecule has 1 N–H and O–H groups in total. The van der Waals surface area contributed by atoms with Crippen molar-refractivity contribution < 1.29 is 23.7 Å². The normalized spacial score (nSPS) is 18.7. The van der Waals surface area contributed by atoms with Crippen LogP contribution in [0.3, 0.4) is 0 Å². The second-order valence-corrected chi connectivity index (χ2v) is 9.03. The Balaban J connectivity index is 1.29. The molecular weight excluding hydrogens is 449 g/mol. The minimum atomic E-state index is -0.972. The summed E-state index contributed by atoms with van der Waals surface area (Å²) in [6.07, 6.45) is 6.57. The van der Waals surface area contributed by atoms with Crippen molar-refractivity contribution in [3.05, 3.63) is 72.3 Å². The van der Waals surface area contributed by atoms with Gasteiger partial charge in [0.05, 0.1) is 19.3 Å². The number of likely N-dealkylation sites (tertiary alicyclic amines) is 1. The minimum absolute atomic E-state index is 0.0842. The van der Waals surface area contributed by atoms with Crippen LogP contribution >= 0.6 is 0 Å². The lowest BCUT2D eigenvalue weighted by atomic mass is 9.96. The molecule has 0 spiro atoms. The number of hydrogen-bond donors (Lipinski definition) is 1. The number of benzene rings is 2. The number of halogens is 1. The maximum Gasteiger partial charge on any atom is 0.165 e. The quantitative estimate of drug-likeness (QED) is 0.410. The third-order valence-corrected chi connectivity index (χ3v) is 6.33. The van der Waals surface area contributed by atoms with Crippen molar-refractivity contribution in [3.8, 4) is 17.2 Å². The third kappa shape index (κ3) is 7.19. The molecular formula is C27H34FN3O4. The molecule has 1 fully saturated rings. The molecule has 1 aliphatic heterocycles. The Labute approximate surface area is 206 Å². The Hall–Kier alpha value is -3.10. The van der Waals surface area contributed by atoms with Gasteiger partial charge < -0.3 is 19.3 Å². The molecule has 7 nitrogen and oxygen atoms in total. The van der Waals surface area contributed by atoms with E-state index in [1.165, 1.54) is 6.07 Å². The first kappa shape index (κ1) is 25.0. The molecule has 1 aromatic heterocycles. The van der Waals surface area contributed by atoms with Crippen LogP contribution in [0.15, 0.2) is 60.9 Å². The molecule has 0 amide bonds. The summed E-state index contributed by atoms with van der Waals surface area (Å²) in [4.78, 5) is 2.32. The lowest BCUT2D eigenvalue weighted by Gasteiger charge is -2.27. The van der Waals surface area contributed by atoms with E-state index >= 15 is 0 Å². The maximum absolute atomic E-state index is 13.9. The monoisotopic (exact) mass is 483 g/mol.